The van der Waals surface area contributed by atoms with Crippen LogP contribution >= 0.6 is 15.9 Å². The van der Waals surface area contributed by atoms with E-state index in [-0.39, 0.29) is 17.5 Å². The van der Waals surface area contributed by atoms with Crippen LogP contribution in [-0.4, -0.2) is 28.5 Å². The lowest BCUT2D eigenvalue weighted by molar-refractivity contribution is 0.0948. The van der Waals surface area contributed by atoms with Crippen LogP contribution in [0.5, 0.6) is 0 Å². The molecule has 0 atom stereocenters. The van der Waals surface area contributed by atoms with Crippen molar-refractivity contribution in [1.29, 1.82) is 0 Å². The van der Waals surface area contributed by atoms with Gasteiger partial charge in [-0.25, -0.2) is 4.39 Å². The van der Waals surface area contributed by atoms with Gasteiger partial charge in [0.2, 0.25) is 0 Å². The molecule has 7 nitrogen and oxygen atoms in total. The van der Waals surface area contributed by atoms with Crippen molar-refractivity contribution in [2.75, 3.05) is 6.54 Å². The van der Waals surface area contributed by atoms with Gasteiger partial charge in [0.05, 0.1) is 5.56 Å². The standard InChI is InChI=1S/C21H21FN2O2.C17H12BrNO2/c1-13(2)12-23-21(25)16-9-7-15(8-10-16)20-19(14(3)26-24-20)17-5-4-6-18(22)11-17;1-11(20)12-2-4-13(5-3-12)16-10-17(21-19-16)14-6-8-15(18)9-7-14/h4-11,13H,12H2,1-3H3,(H,23,25);2-10H,1H3. The number of carbonyl (C=O) groups is 2. The van der Waals surface area contributed by atoms with Crippen molar-refractivity contribution >= 4 is 27.6 Å². The van der Waals surface area contributed by atoms with E-state index >= 15 is 0 Å². The van der Waals surface area contributed by atoms with Gasteiger partial charge < -0.3 is 14.4 Å². The summed E-state index contributed by atoms with van der Waals surface area (Å²) >= 11 is 3.40. The molecule has 0 radical (unpaired) electrons. The number of hydrogen-bond donors (Lipinski definition) is 1. The van der Waals surface area contributed by atoms with Crippen molar-refractivity contribution in [3.8, 4) is 45.0 Å². The van der Waals surface area contributed by atoms with E-state index in [1.54, 1.807) is 44.2 Å². The van der Waals surface area contributed by atoms with Crippen molar-refractivity contribution in [1.82, 2.24) is 15.6 Å². The van der Waals surface area contributed by atoms with Gasteiger partial charge in [-0.2, -0.15) is 0 Å². The topological polar surface area (TPSA) is 98.2 Å². The first-order valence-electron chi connectivity index (χ1n) is 15.0. The third kappa shape index (κ3) is 8.37. The molecule has 6 aromatic rings. The maximum absolute atomic E-state index is 13.6. The highest BCUT2D eigenvalue weighted by atomic mass is 79.9. The van der Waals surface area contributed by atoms with Crippen molar-refractivity contribution in [2.45, 2.75) is 27.7 Å². The Kier molecular flexibility index (Phi) is 10.6. The Hall–Kier alpha value is -5.15. The normalized spacial score (nSPS) is 10.8. The second kappa shape index (κ2) is 15.0. The maximum atomic E-state index is 13.6. The molecule has 1 N–H and O–H groups in total. The lowest BCUT2D eigenvalue weighted by atomic mass is 9.98. The van der Waals surface area contributed by atoms with Gasteiger partial charge in [-0.05, 0) is 61.7 Å². The van der Waals surface area contributed by atoms with E-state index in [2.05, 4.69) is 31.6 Å². The predicted molar refractivity (Wildman–Crippen MR) is 184 cm³/mol. The summed E-state index contributed by atoms with van der Waals surface area (Å²) in [5, 5.41) is 11.1. The van der Waals surface area contributed by atoms with E-state index in [1.165, 1.54) is 12.1 Å². The Morgan fingerprint density at radius 3 is 2.06 bits per heavy atom. The molecule has 0 unspecified atom stereocenters. The highest BCUT2D eigenvalue weighted by Crippen LogP contribution is 2.34. The Morgan fingerprint density at radius 1 is 0.787 bits per heavy atom. The number of aromatic nitrogens is 2. The number of hydrogen-bond acceptors (Lipinski definition) is 6. The Labute approximate surface area is 280 Å². The van der Waals surface area contributed by atoms with Gasteiger partial charge in [0.25, 0.3) is 5.91 Å². The number of nitrogens with zero attached hydrogens (tertiary/aromatic N) is 2. The molecule has 9 heteroatoms. The van der Waals surface area contributed by atoms with Crippen LogP contribution in [0.4, 0.5) is 4.39 Å². The summed E-state index contributed by atoms with van der Waals surface area (Å²) in [5.41, 5.74) is 6.81. The molecule has 238 valence electrons. The van der Waals surface area contributed by atoms with E-state index in [0.717, 1.165) is 32.4 Å². The van der Waals surface area contributed by atoms with Gasteiger partial charge in [-0.15, -0.1) is 0 Å². The number of nitrogens with one attached hydrogen (secondary N) is 1. The smallest absolute Gasteiger partial charge is 0.251 e. The SMILES string of the molecule is CC(=O)c1ccc(-c2cc(-c3ccc(Br)cc3)on2)cc1.Cc1onc(-c2ccc(C(=O)NCC(C)C)cc2)c1-c1cccc(F)c1. The van der Waals surface area contributed by atoms with Crippen molar-refractivity contribution in [3.63, 3.8) is 0 Å². The van der Waals surface area contributed by atoms with Crippen molar-refractivity contribution in [2.24, 2.45) is 5.92 Å². The van der Waals surface area contributed by atoms with E-state index in [0.29, 0.717) is 46.4 Å². The van der Waals surface area contributed by atoms with Crippen LogP contribution in [-0.2, 0) is 0 Å². The lowest BCUT2D eigenvalue weighted by Gasteiger charge is -2.08. The summed E-state index contributed by atoms with van der Waals surface area (Å²) in [5.74, 6) is 1.36. The van der Waals surface area contributed by atoms with Gasteiger partial charge in [-0.3, -0.25) is 9.59 Å². The fourth-order valence-electron chi connectivity index (χ4n) is 4.77. The highest BCUT2D eigenvalue weighted by molar-refractivity contribution is 9.10. The summed E-state index contributed by atoms with van der Waals surface area (Å²) in [7, 11) is 0. The van der Waals surface area contributed by atoms with Crippen LogP contribution in [0.3, 0.4) is 0 Å². The number of rotatable bonds is 8. The summed E-state index contributed by atoms with van der Waals surface area (Å²) in [6.07, 6.45) is 0. The zero-order chi connectivity index (χ0) is 33.5. The predicted octanol–water partition coefficient (Wildman–Crippen LogP) is 9.82. The van der Waals surface area contributed by atoms with Crippen LogP contribution in [0, 0.1) is 18.7 Å². The Morgan fingerprint density at radius 2 is 1.43 bits per heavy atom. The fourth-order valence-corrected chi connectivity index (χ4v) is 5.03. The number of amides is 1. The van der Waals surface area contributed by atoms with Crippen molar-refractivity contribution in [3.05, 3.63) is 130 Å². The van der Waals surface area contributed by atoms with Crippen LogP contribution in [0.25, 0.3) is 45.0 Å². The molecule has 0 fully saturated rings. The number of aryl methyl sites for hydroxylation is 1. The van der Waals surface area contributed by atoms with Gasteiger partial charge in [0.1, 0.15) is 23.0 Å². The molecule has 0 saturated carbocycles. The first-order chi connectivity index (χ1) is 22.6. The number of carbonyl (C=O) groups excluding carboxylic acids is 2. The number of halogens is 2. The molecular formula is C38H33BrFN3O4. The molecule has 47 heavy (non-hydrogen) atoms. The first kappa shape index (κ1) is 33.2. The molecule has 0 aliphatic rings. The zero-order valence-electron chi connectivity index (χ0n) is 26.4. The molecule has 1 amide bonds. The molecule has 4 aromatic carbocycles. The number of Topliss-reactive ketones (excluding diaryl/α,β-unsaturated/α-hetero) is 1. The molecular weight excluding hydrogens is 661 g/mol. The largest absolute Gasteiger partial charge is 0.360 e. The summed E-state index contributed by atoms with van der Waals surface area (Å²) in [6, 6.07) is 30.6. The van der Waals surface area contributed by atoms with Crippen LogP contribution in [0.15, 0.2) is 117 Å². The summed E-state index contributed by atoms with van der Waals surface area (Å²) < 4.78 is 25.3. The van der Waals surface area contributed by atoms with Gasteiger partial charge in [0, 0.05) is 44.9 Å². The first-order valence-corrected chi connectivity index (χ1v) is 15.8. The molecule has 0 aliphatic heterocycles. The van der Waals surface area contributed by atoms with E-state index < -0.39 is 0 Å². The minimum absolute atomic E-state index is 0.0530. The quantitative estimate of drug-likeness (QED) is 0.159. The molecule has 0 spiro atoms. The molecule has 2 aromatic heterocycles. The van der Waals surface area contributed by atoms with E-state index in [1.807, 2.05) is 74.5 Å². The van der Waals surface area contributed by atoms with Gasteiger partial charge in [0.15, 0.2) is 11.5 Å². The van der Waals surface area contributed by atoms with Crippen LogP contribution in [0.2, 0.25) is 0 Å². The Balaban J connectivity index is 0.000000189. The lowest BCUT2D eigenvalue weighted by Crippen LogP contribution is -2.27. The third-order valence-electron chi connectivity index (χ3n) is 7.29. The highest BCUT2D eigenvalue weighted by Gasteiger charge is 2.18. The minimum Gasteiger partial charge on any atom is -0.360 e. The molecule has 0 saturated heterocycles. The number of ketones is 1. The summed E-state index contributed by atoms with van der Waals surface area (Å²) in [6.45, 7) is 8.07. The molecule has 0 aliphatic carbocycles. The molecule has 6 rings (SSSR count). The average Bonchev–Trinajstić information content (AvgIpc) is 3.72. The number of benzene rings is 4. The second-order valence-electron chi connectivity index (χ2n) is 11.4. The Bertz CT molecular complexity index is 1980. The van der Waals surface area contributed by atoms with Gasteiger partial charge in [-0.1, -0.05) is 101 Å². The second-order valence-corrected chi connectivity index (χ2v) is 12.3. The molecule has 2 heterocycles. The van der Waals surface area contributed by atoms with Crippen molar-refractivity contribution < 1.29 is 23.0 Å². The monoisotopic (exact) mass is 693 g/mol. The van der Waals surface area contributed by atoms with Crippen LogP contribution < -0.4 is 5.32 Å². The maximum Gasteiger partial charge on any atom is 0.251 e. The average molecular weight is 695 g/mol. The molecule has 0 bridgehead atoms. The zero-order valence-corrected chi connectivity index (χ0v) is 28.0. The summed E-state index contributed by atoms with van der Waals surface area (Å²) in [4.78, 5) is 23.4. The third-order valence-corrected chi connectivity index (χ3v) is 7.82. The minimum atomic E-state index is -0.314. The van der Waals surface area contributed by atoms with Crippen LogP contribution in [0.1, 0.15) is 47.2 Å². The fraction of sp³-hybridized carbons (Fsp3) is 0.158. The van der Waals surface area contributed by atoms with E-state index in [9.17, 15) is 14.0 Å². The van der Waals surface area contributed by atoms with E-state index in [4.69, 9.17) is 9.05 Å². The van der Waals surface area contributed by atoms with Gasteiger partial charge >= 0.3 is 0 Å².